The van der Waals surface area contributed by atoms with E-state index in [2.05, 4.69) is 32.7 Å². The third kappa shape index (κ3) is 3.84. The Hall–Kier alpha value is -3.98. The maximum Gasteiger partial charge on any atom is 0.180 e. The molecule has 0 saturated carbocycles. The number of morpholine rings is 1. The minimum atomic E-state index is 0.652. The minimum absolute atomic E-state index is 0.652. The first kappa shape index (κ1) is 20.6. The average Bonchev–Trinajstić information content (AvgIpc) is 3.38. The molecule has 4 heterocycles. The lowest BCUT2D eigenvalue weighted by molar-refractivity contribution is 0.122. The Morgan fingerprint density at radius 3 is 2.88 bits per heavy atom. The summed E-state index contributed by atoms with van der Waals surface area (Å²) in [6.45, 7) is 4.61. The second kappa shape index (κ2) is 8.75. The Morgan fingerprint density at radius 1 is 1.09 bits per heavy atom. The Kier molecular flexibility index (Phi) is 5.31. The van der Waals surface area contributed by atoms with E-state index in [0.717, 1.165) is 78.3 Å². The summed E-state index contributed by atoms with van der Waals surface area (Å²) in [5, 5.41) is 6.80. The molecule has 2 N–H and O–H groups in total. The van der Waals surface area contributed by atoms with E-state index in [4.69, 9.17) is 19.2 Å². The summed E-state index contributed by atoms with van der Waals surface area (Å²) < 4.78 is 19.0. The van der Waals surface area contributed by atoms with E-state index in [9.17, 15) is 0 Å². The van der Waals surface area contributed by atoms with Crippen LogP contribution in [0.1, 0.15) is 0 Å². The zero-order valence-corrected chi connectivity index (χ0v) is 19.0. The maximum atomic E-state index is 5.82. The van der Waals surface area contributed by atoms with Gasteiger partial charge in [0.2, 0.25) is 0 Å². The van der Waals surface area contributed by atoms with Gasteiger partial charge in [0.05, 0.1) is 37.4 Å². The van der Waals surface area contributed by atoms with Crippen LogP contribution < -0.4 is 25.0 Å². The van der Waals surface area contributed by atoms with Crippen molar-refractivity contribution in [1.29, 1.82) is 0 Å². The highest BCUT2D eigenvalue weighted by Gasteiger charge is 2.17. The molecule has 34 heavy (non-hydrogen) atoms. The molecular formula is C25H26N6O3. The molecule has 1 saturated heterocycles. The van der Waals surface area contributed by atoms with Gasteiger partial charge in [-0.3, -0.25) is 0 Å². The average molecular weight is 459 g/mol. The Labute approximate surface area is 197 Å². The zero-order valence-electron chi connectivity index (χ0n) is 19.0. The van der Waals surface area contributed by atoms with Gasteiger partial charge in [-0.1, -0.05) is 6.07 Å². The number of methoxy groups -OCH3 is 1. The van der Waals surface area contributed by atoms with Crippen LogP contribution in [0.3, 0.4) is 0 Å². The summed E-state index contributed by atoms with van der Waals surface area (Å²) in [6, 6.07) is 12.2. The second-order valence-electron chi connectivity index (χ2n) is 8.23. The molecule has 0 spiro atoms. The van der Waals surface area contributed by atoms with Crippen LogP contribution in [-0.4, -0.2) is 60.9 Å². The minimum Gasteiger partial charge on any atom is -0.495 e. The molecule has 0 atom stereocenters. The number of fused-ring (bicyclic) bond motifs is 2. The smallest absolute Gasteiger partial charge is 0.180 e. The number of nitrogens with zero attached hydrogens (tertiary/aromatic N) is 4. The van der Waals surface area contributed by atoms with Gasteiger partial charge >= 0.3 is 0 Å². The highest BCUT2D eigenvalue weighted by Crippen LogP contribution is 2.35. The van der Waals surface area contributed by atoms with E-state index in [0.29, 0.717) is 12.4 Å². The molecule has 0 radical (unpaired) electrons. The first-order chi connectivity index (χ1) is 16.8. The van der Waals surface area contributed by atoms with E-state index < -0.39 is 0 Å². The number of ether oxygens (including phenoxy) is 3. The van der Waals surface area contributed by atoms with Crippen molar-refractivity contribution in [2.75, 3.05) is 62.1 Å². The Morgan fingerprint density at radius 2 is 2.00 bits per heavy atom. The molecule has 0 amide bonds. The first-order valence-corrected chi connectivity index (χ1v) is 11.4. The number of hydrogen-bond donors (Lipinski definition) is 2. The van der Waals surface area contributed by atoms with E-state index in [1.807, 2.05) is 41.1 Å². The number of benzene rings is 2. The fraction of sp³-hybridized carbons (Fsp3) is 0.280. The molecule has 2 aromatic carbocycles. The van der Waals surface area contributed by atoms with Gasteiger partial charge in [-0.2, -0.15) is 0 Å². The maximum absolute atomic E-state index is 5.82. The van der Waals surface area contributed by atoms with Crippen molar-refractivity contribution in [3.8, 4) is 22.8 Å². The van der Waals surface area contributed by atoms with Crippen LogP contribution in [0.5, 0.6) is 11.5 Å². The fourth-order valence-electron chi connectivity index (χ4n) is 4.41. The summed E-state index contributed by atoms with van der Waals surface area (Å²) in [4.78, 5) is 11.7. The van der Waals surface area contributed by atoms with Crippen molar-refractivity contribution in [1.82, 2.24) is 14.4 Å². The van der Waals surface area contributed by atoms with Gasteiger partial charge in [0.25, 0.3) is 0 Å². The standard InChI is InChI=1S/C25H26N6O3/c1-32-23-15-18(3-5-21(23)30-9-12-33-13-10-30)28-24-25-27-6-8-31(25)16-20(29-24)17-2-4-19-22(14-17)34-11-7-26-19/h2-6,8,14-16,26H,7,9-13H2,1H3,(H,28,29). The largest absolute Gasteiger partial charge is 0.495 e. The van der Waals surface area contributed by atoms with Crippen LogP contribution in [0.15, 0.2) is 55.0 Å². The number of rotatable bonds is 5. The fourth-order valence-corrected chi connectivity index (χ4v) is 4.41. The van der Waals surface area contributed by atoms with Crippen LogP contribution in [0, 0.1) is 0 Å². The molecule has 2 aliphatic rings. The summed E-state index contributed by atoms with van der Waals surface area (Å²) in [5.41, 5.74) is 5.48. The number of imidazole rings is 1. The van der Waals surface area contributed by atoms with Gasteiger partial charge < -0.3 is 34.1 Å². The van der Waals surface area contributed by atoms with Gasteiger partial charge in [0.15, 0.2) is 11.5 Å². The molecule has 174 valence electrons. The van der Waals surface area contributed by atoms with Crippen molar-refractivity contribution in [2.45, 2.75) is 0 Å². The predicted molar refractivity (Wildman–Crippen MR) is 132 cm³/mol. The number of anilines is 4. The van der Waals surface area contributed by atoms with Gasteiger partial charge in [0, 0.05) is 55.5 Å². The highest BCUT2D eigenvalue weighted by molar-refractivity contribution is 5.77. The lowest BCUT2D eigenvalue weighted by atomic mass is 10.1. The van der Waals surface area contributed by atoms with Crippen molar-refractivity contribution in [2.24, 2.45) is 0 Å². The third-order valence-electron chi connectivity index (χ3n) is 6.12. The molecular weight excluding hydrogens is 432 g/mol. The normalized spacial score (nSPS) is 15.4. The van der Waals surface area contributed by atoms with Crippen molar-refractivity contribution in [3.05, 3.63) is 55.0 Å². The van der Waals surface area contributed by atoms with Gasteiger partial charge in [-0.15, -0.1) is 0 Å². The molecule has 9 nitrogen and oxygen atoms in total. The highest BCUT2D eigenvalue weighted by atomic mass is 16.5. The Balaban J connectivity index is 1.35. The zero-order chi connectivity index (χ0) is 22.9. The summed E-state index contributed by atoms with van der Waals surface area (Å²) >= 11 is 0. The molecule has 0 unspecified atom stereocenters. The molecule has 0 aliphatic carbocycles. The SMILES string of the molecule is COc1cc(Nc2nc(-c3ccc4c(c3)OCCN4)cn3ccnc23)ccc1N1CCOCC1. The Bertz CT molecular complexity index is 1330. The quantitative estimate of drug-likeness (QED) is 0.467. The molecule has 1 fully saturated rings. The van der Waals surface area contributed by atoms with Crippen molar-refractivity contribution < 1.29 is 14.2 Å². The van der Waals surface area contributed by atoms with Crippen LogP contribution in [0.2, 0.25) is 0 Å². The summed E-state index contributed by atoms with van der Waals surface area (Å²) in [7, 11) is 1.70. The van der Waals surface area contributed by atoms with Gasteiger partial charge in [-0.25, -0.2) is 9.97 Å². The van der Waals surface area contributed by atoms with E-state index in [-0.39, 0.29) is 0 Å². The van der Waals surface area contributed by atoms with Gasteiger partial charge in [0.1, 0.15) is 18.1 Å². The van der Waals surface area contributed by atoms with Crippen LogP contribution in [0.25, 0.3) is 16.9 Å². The topological polar surface area (TPSA) is 85.2 Å². The van der Waals surface area contributed by atoms with Crippen molar-refractivity contribution in [3.63, 3.8) is 0 Å². The van der Waals surface area contributed by atoms with Crippen molar-refractivity contribution >= 4 is 28.5 Å². The number of hydrogen-bond acceptors (Lipinski definition) is 8. The molecule has 2 aliphatic heterocycles. The number of aromatic nitrogens is 3. The lowest BCUT2D eigenvalue weighted by Gasteiger charge is -2.30. The first-order valence-electron chi connectivity index (χ1n) is 11.4. The second-order valence-corrected chi connectivity index (χ2v) is 8.23. The molecule has 9 heteroatoms. The molecule has 0 bridgehead atoms. The van der Waals surface area contributed by atoms with E-state index >= 15 is 0 Å². The predicted octanol–water partition coefficient (Wildman–Crippen LogP) is 3.79. The van der Waals surface area contributed by atoms with Crippen LogP contribution >= 0.6 is 0 Å². The summed E-state index contributed by atoms with van der Waals surface area (Å²) in [5.74, 6) is 2.32. The summed E-state index contributed by atoms with van der Waals surface area (Å²) in [6.07, 6.45) is 5.67. The van der Waals surface area contributed by atoms with Crippen LogP contribution in [-0.2, 0) is 4.74 Å². The van der Waals surface area contributed by atoms with E-state index in [1.54, 1.807) is 13.3 Å². The van der Waals surface area contributed by atoms with E-state index in [1.165, 1.54) is 0 Å². The monoisotopic (exact) mass is 458 g/mol. The van der Waals surface area contributed by atoms with Gasteiger partial charge in [-0.05, 0) is 24.3 Å². The molecule has 2 aromatic heterocycles. The molecule has 4 aromatic rings. The third-order valence-corrected chi connectivity index (χ3v) is 6.12. The molecule has 6 rings (SSSR count). The lowest BCUT2D eigenvalue weighted by Crippen LogP contribution is -2.36. The number of nitrogens with one attached hydrogen (secondary N) is 2. The van der Waals surface area contributed by atoms with Crippen LogP contribution in [0.4, 0.5) is 22.9 Å².